The van der Waals surface area contributed by atoms with Crippen LogP contribution in [-0.2, 0) is 10.0 Å². The zero-order valence-corrected chi connectivity index (χ0v) is 10.3. The van der Waals surface area contributed by atoms with Gasteiger partial charge in [0.1, 0.15) is 5.82 Å². The van der Waals surface area contributed by atoms with Crippen LogP contribution < -0.4 is 4.72 Å². The minimum absolute atomic E-state index is 0.116. The van der Waals surface area contributed by atoms with Gasteiger partial charge in [0.2, 0.25) is 10.0 Å². The first-order chi connectivity index (χ1) is 8.08. The van der Waals surface area contributed by atoms with Crippen molar-refractivity contribution < 1.29 is 12.8 Å². The maximum Gasteiger partial charge on any atom is 0.240 e. The quantitative estimate of drug-likeness (QED) is 0.795. The van der Waals surface area contributed by atoms with Crippen LogP contribution in [0.4, 0.5) is 4.39 Å². The Balaban J connectivity index is 1.86. The molecule has 0 radical (unpaired) electrons. The van der Waals surface area contributed by atoms with Crippen LogP contribution in [0.25, 0.3) is 0 Å². The van der Waals surface area contributed by atoms with Crippen LogP contribution in [0.5, 0.6) is 0 Å². The molecule has 1 aliphatic carbocycles. The first kappa shape index (κ1) is 12.5. The van der Waals surface area contributed by atoms with E-state index in [9.17, 15) is 12.8 Å². The molecule has 0 atom stereocenters. The van der Waals surface area contributed by atoms with Gasteiger partial charge in [-0.2, -0.15) is 0 Å². The first-order valence-corrected chi connectivity index (χ1v) is 7.31. The molecule has 0 amide bonds. The van der Waals surface area contributed by atoms with E-state index in [1.165, 1.54) is 25.0 Å². The maximum atomic E-state index is 12.7. The summed E-state index contributed by atoms with van der Waals surface area (Å²) < 4.78 is 38.7. The van der Waals surface area contributed by atoms with Gasteiger partial charge >= 0.3 is 0 Å². The summed E-state index contributed by atoms with van der Waals surface area (Å²) in [4.78, 5) is 0.116. The predicted molar refractivity (Wildman–Crippen MR) is 63.5 cm³/mol. The van der Waals surface area contributed by atoms with Gasteiger partial charge in [0.15, 0.2) is 0 Å². The SMILES string of the molecule is O=S(=O)(NCCCC1CC1)c1ccc(F)cc1. The van der Waals surface area contributed by atoms with Crippen molar-refractivity contribution in [1.82, 2.24) is 4.72 Å². The van der Waals surface area contributed by atoms with Crippen molar-refractivity contribution in [3.63, 3.8) is 0 Å². The smallest absolute Gasteiger partial charge is 0.211 e. The second-order valence-corrected chi connectivity index (χ2v) is 6.20. The largest absolute Gasteiger partial charge is 0.240 e. The average Bonchev–Trinajstić information content (AvgIpc) is 3.09. The van der Waals surface area contributed by atoms with Gasteiger partial charge in [-0.1, -0.05) is 12.8 Å². The number of hydrogen-bond donors (Lipinski definition) is 1. The van der Waals surface area contributed by atoms with Crippen LogP contribution in [-0.4, -0.2) is 15.0 Å². The van der Waals surface area contributed by atoms with Gasteiger partial charge in [-0.05, 0) is 43.0 Å². The highest BCUT2D eigenvalue weighted by Gasteiger charge is 2.20. The zero-order chi connectivity index (χ0) is 12.3. The summed E-state index contributed by atoms with van der Waals surface area (Å²) in [6, 6.07) is 4.86. The van der Waals surface area contributed by atoms with Crippen LogP contribution in [0.1, 0.15) is 25.7 Å². The fourth-order valence-corrected chi connectivity index (χ4v) is 2.77. The van der Waals surface area contributed by atoms with E-state index in [0.29, 0.717) is 6.54 Å². The maximum absolute atomic E-state index is 12.7. The molecule has 0 bridgehead atoms. The van der Waals surface area contributed by atoms with E-state index < -0.39 is 15.8 Å². The zero-order valence-electron chi connectivity index (χ0n) is 9.52. The molecule has 1 fully saturated rings. The molecule has 5 heteroatoms. The van der Waals surface area contributed by atoms with E-state index in [0.717, 1.165) is 30.9 Å². The van der Waals surface area contributed by atoms with Crippen LogP contribution in [0, 0.1) is 11.7 Å². The number of nitrogens with one attached hydrogen (secondary N) is 1. The van der Waals surface area contributed by atoms with Crippen LogP contribution in [0.3, 0.4) is 0 Å². The Morgan fingerprint density at radius 2 is 1.88 bits per heavy atom. The van der Waals surface area contributed by atoms with Gasteiger partial charge in [-0.15, -0.1) is 0 Å². The number of halogens is 1. The number of hydrogen-bond acceptors (Lipinski definition) is 2. The Morgan fingerprint density at radius 3 is 2.47 bits per heavy atom. The Morgan fingerprint density at radius 1 is 1.24 bits per heavy atom. The van der Waals surface area contributed by atoms with Crippen molar-refractivity contribution in [1.29, 1.82) is 0 Å². The predicted octanol–water partition coefficient (Wildman–Crippen LogP) is 2.29. The van der Waals surface area contributed by atoms with E-state index >= 15 is 0 Å². The summed E-state index contributed by atoms with van der Waals surface area (Å²) in [5, 5.41) is 0. The van der Waals surface area contributed by atoms with E-state index in [2.05, 4.69) is 4.72 Å². The van der Waals surface area contributed by atoms with Gasteiger partial charge in [-0.3, -0.25) is 0 Å². The highest BCUT2D eigenvalue weighted by atomic mass is 32.2. The second kappa shape index (κ2) is 5.14. The third-order valence-corrected chi connectivity index (χ3v) is 4.38. The summed E-state index contributed by atoms with van der Waals surface area (Å²) in [5.41, 5.74) is 0. The summed E-state index contributed by atoms with van der Waals surface area (Å²) >= 11 is 0. The van der Waals surface area contributed by atoms with E-state index in [4.69, 9.17) is 0 Å². The van der Waals surface area contributed by atoms with Crippen molar-refractivity contribution in [3.8, 4) is 0 Å². The van der Waals surface area contributed by atoms with Crippen LogP contribution in [0.2, 0.25) is 0 Å². The average molecular weight is 257 g/mol. The van der Waals surface area contributed by atoms with Crippen molar-refractivity contribution in [2.75, 3.05) is 6.54 Å². The fourth-order valence-electron chi connectivity index (χ4n) is 1.70. The molecular formula is C12H16FNO2S. The van der Waals surface area contributed by atoms with Crippen LogP contribution in [0.15, 0.2) is 29.2 Å². The van der Waals surface area contributed by atoms with Gasteiger partial charge in [0, 0.05) is 6.54 Å². The topological polar surface area (TPSA) is 46.2 Å². The molecule has 1 aliphatic rings. The van der Waals surface area contributed by atoms with E-state index in [1.54, 1.807) is 0 Å². The highest BCUT2D eigenvalue weighted by Crippen LogP contribution is 2.33. The van der Waals surface area contributed by atoms with Gasteiger partial charge in [-0.25, -0.2) is 17.5 Å². The monoisotopic (exact) mass is 257 g/mol. The normalized spacial score (nSPS) is 16.1. The molecule has 17 heavy (non-hydrogen) atoms. The number of rotatable bonds is 6. The summed E-state index contributed by atoms with van der Waals surface area (Å²) in [5.74, 6) is 0.378. The highest BCUT2D eigenvalue weighted by molar-refractivity contribution is 7.89. The summed E-state index contributed by atoms with van der Waals surface area (Å²) in [6.07, 6.45) is 4.52. The second-order valence-electron chi connectivity index (χ2n) is 4.44. The minimum Gasteiger partial charge on any atom is -0.211 e. The molecule has 1 aromatic rings. The Labute approximate surface area is 101 Å². The van der Waals surface area contributed by atoms with Crippen LogP contribution >= 0.6 is 0 Å². The summed E-state index contributed by atoms with van der Waals surface area (Å²) in [6.45, 7) is 0.455. The molecule has 0 aliphatic heterocycles. The lowest BCUT2D eigenvalue weighted by Crippen LogP contribution is -2.24. The molecule has 0 unspecified atom stereocenters. The molecule has 1 aromatic carbocycles. The van der Waals surface area contributed by atoms with Gasteiger partial charge in [0.25, 0.3) is 0 Å². The molecule has 3 nitrogen and oxygen atoms in total. The van der Waals surface area contributed by atoms with Gasteiger partial charge in [0.05, 0.1) is 4.90 Å². The number of benzene rings is 1. The molecule has 0 heterocycles. The Kier molecular flexibility index (Phi) is 3.79. The van der Waals surface area contributed by atoms with E-state index in [-0.39, 0.29) is 4.90 Å². The fraction of sp³-hybridized carbons (Fsp3) is 0.500. The molecule has 1 N–H and O–H groups in total. The molecule has 94 valence electrons. The Bertz CT molecular complexity index is 466. The first-order valence-electron chi connectivity index (χ1n) is 5.83. The van der Waals surface area contributed by atoms with Crippen molar-refractivity contribution >= 4 is 10.0 Å². The van der Waals surface area contributed by atoms with Crippen molar-refractivity contribution in [2.45, 2.75) is 30.6 Å². The summed E-state index contributed by atoms with van der Waals surface area (Å²) in [7, 11) is -3.47. The standard InChI is InChI=1S/C12H16FNO2S/c13-11-5-7-12(8-6-11)17(15,16)14-9-1-2-10-3-4-10/h5-8,10,14H,1-4,9H2. The van der Waals surface area contributed by atoms with Crippen molar-refractivity contribution in [3.05, 3.63) is 30.1 Å². The van der Waals surface area contributed by atoms with Gasteiger partial charge < -0.3 is 0 Å². The molecule has 0 saturated heterocycles. The lowest BCUT2D eigenvalue weighted by molar-refractivity contribution is 0.572. The molecule has 2 rings (SSSR count). The van der Waals surface area contributed by atoms with Crippen molar-refractivity contribution in [2.24, 2.45) is 5.92 Å². The third-order valence-electron chi connectivity index (χ3n) is 2.90. The molecular weight excluding hydrogens is 241 g/mol. The molecule has 1 saturated carbocycles. The lowest BCUT2D eigenvalue weighted by atomic mass is 10.2. The number of sulfonamides is 1. The minimum atomic E-state index is -3.47. The van der Waals surface area contributed by atoms with E-state index in [1.807, 2.05) is 0 Å². The lowest BCUT2D eigenvalue weighted by Gasteiger charge is -2.06. The Hall–Kier alpha value is -0.940. The molecule has 0 aromatic heterocycles. The third kappa shape index (κ3) is 3.78. The molecule has 0 spiro atoms.